The highest BCUT2D eigenvalue weighted by molar-refractivity contribution is 5.87. The molecule has 114 valence electrons. The minimum Gasteiger partial charge on any atom is -0.394 e. The Morgan fingerprint density at radius 2 is 2.19 bits per heavy atom. The van der Waals surface area contributed by atoms with Gasteiger partial charge in [0.1, 0.15) is 11.9 Å². The molecule has 3 rings (SSSR count). The van der Waals surface area contributed by atoms with E-state index >= 15 is 0 Å². The van der Waals surface area contributed by atoms with E-state index in [-0.39, 0.29) is 6.61 Å². The van der Waals surface area contributed by atoms with Crippen LogP contribution in [0.5, 0.6) is 0 Å². The van der Waals surface area contributed by atoms with Crippen LogP contribution in [-0.4, -0.2) is 62.9 Å². The molecular formula is C12H18N6O3. The molecule has 0 bridgehead atoms. The lowest BCUT2D eigenvalue weighted by Gasteiger charge is -2.13. The number of aliphatic hydroxyl groups excluding tert-OH is 2. The number of ether oxygens (including phenoxy) is 1. The SMILES string of the molecule is CNc1nc(NC)c2cnn([C@H]3C[C@@H](O)[C@@H](CO)O3)c2n1. The lowest BCUT2D eigenvalue weighted by Crippen LogP contribution is -2.24. The van der Waals surface area contributed by atoms with Gasteiger partial charge in [-0.05, 0) is 0 Å². The van der Waals surface area contributed by atoms with E-state index in [1.54, 1.807) is 25.0 Å². The summed E-state index contributed by atoms with van der Waals surface area (Å²) in [7, 11) is 3.51. The van der Waals surface area contributed by atoms with Crippen LogP contribution in [0, 0.1) is 0 Å². The zero-order valence-corrected chi connectivity index (χ0v) is 11.8. The number of fused-ring (bicyclic) bond motifs is 1. The number of aromatic nitrogens is 4. The molecule has 2 aromatic heterocycles. The summed E-state index contributed by atoms with van der Waals surface area (Å²) in [5, 5.41) is 30.0. The van der Waals surface area contributed by atoms with Crippen molar-refractivity contribution in [2.45, 2.75) is 24.9 Å². The van der Waals surface area contributed by atoms with Crippen molar-refractivity contribution in [2.75, 3.05) is 31.3 Å². The van der Waals surface area contributed by atoms with E-state index in [4.69, 9.17) is 9.84 Å². The smallest absolute Gasteiger partial charge is 0.226 e. The molecule has 0 radical (unpaired) electrons. The number of hydrogen-bond acceptors (Lipinski definition) is 8. The van der Waals surface area contributed by atoms with E-state index in [0.717, 1.165) is 5.39 Å². The van der Waals surface area contributed by atoms with Gasteiger partial charge in [-0.3, -0.25) is 0 Å². The third-order valence-corrected chi connectivity index (χ3v) is 3.57. The first-order valence-electron chi connectivity index (χ1n) is 6.73. The van der Waals surface area contributed by atoms with E-state index in [2.05, 4.69) is 25.7 Å². The van der Waals surface area contributed by atoms with Crippen molar-refractivity contribution in [3.8, 4) is 0 Å². The summed E-state index contributed by atoms with van der Waals surface area (Å²) in [6, 6.07) is 0. The minimum atomic E-state index is -0.714. The Hall–Kier alpha value is -1.97. The molecule has 0 saturated carbocycles. The molecule has 9 heteroatoms. The van der Waals surface area contributed by atoms with Crippen molar-refractivity contribution in [3.05, 3.63) is 6.20 Å². The van der Waals surface area contributed by atoms with Crippen LogP contribution in [0.3, 0.4) is 0 Å². The Balaban J connectivity index is 2.04. The van der Waals surface area contributed by atoms with Crippen LogP contribution in [0.25, 0.3) is 11.0 Å². The molecule has 9 nitrogen and oxygen atoms in total. The molecule has 0 spiro atoms. The third-order valence-electron chi connectivity index (χ3n) is 3.57. The largest absolute Gasteiger partial charge is 0.394 e. The van der Waals surface area contributed by atoms with Crippen molar-refractivity contribution >= 4 is 22.8 Å². The van der Waals surface area contributed by atoms with E-state index in [0.29, 0.717) is 23.8 Å². The second kappa shape index (κ2) is 5.43. The maximum atomic E-state index is 9.85. The Kier molecular flexibility index (Phi) is 3.62. The molecule has 3 heterocycles. The Labute approximate surface area is 121 Å². The van der Waals surface area contributed by atoms with Gasteiger partial charge < -0.3 is 25.6 Å². The zero-order valence-electron chi connectivity index (χ0n) is 11.8. The molecule has 0 aromatic carbocycles. The lowest BCUT2D eigenvalue weighted by atomic mass is 10.2. The summed E-state index contributed by atoms with van der Waals surface area (Å²) in [4.78, 5) is 8.70. The van der Waals surface area contributed by atoms with Crippen molar-refractivity contribution in [2.24, 2.45) is 0 Å². The Morgan fingerprint density at radius 1 is 1.38 bits per heavy atom. The molecule has 1 aliphatic rings. The molecular weight excluding hydrogens is 276 g/mol. The second-order valence-corrected chi connectivity index (χ2v) is 4.84. The highest BCUT2D eigenvalue weighted by Gasteiger charge is 2.36. The molecule has 1 saturated heterocycles. The third kappa shape index (κ3) is 2.28. The van der Waals surface area contributed by atoms with Crippen molar-refractivity contribution < 1.29 is 14.9 Å². The quantitative estimate of drug-likeness (QED) is 0.599. The highest BCUT2D eigenvalue weighted by atomic mass is 16.5. The van der Waals surface area contributed by atoms with E-state index < -0.39 is 18.4 Å². The van der Waals surface area contributed by atoms with E-state index in [9.17, 15) is 5.11 Å². The number of hydrogen-bond donors (Lipinski definition) is 4. The van der Waals surface area contributed by atoms with Gasteiger partial charge in [0.25, 0.3) is 0 Å². The molecule has 3 atom stereocenters. The molecule has 0 amide bonds. The average molecular weight is 294 g/mol. The van der Waals surface area contributed by atoms with E-state index in [1.165, 1.54) is 0 Å². The molecule has 4 N–H and O–H groups in total. The molecule has 0 unspecified atom stereocenters. The summed E-state index contributed by atoms with van der Waals surface area (Å²) in [6.45, 7) is -0.227. The maximum Gasteiger partial charge on any atom is 0.226 e. The van der Waals surface area contributed by atoms with Gasteiger partial charge in [0.15, 0.2) is 11.9 Å². The normalized spacial score (nSPS) is 25.4. The van der Waals surface area contributed by atoms with Crippen LogP contribution in [0.2, 0.25) is 0 Å². The van der Waals surface area contributed by atoms with Crippen LogP contribution < -0.4 is 10.6 Å². The van der Waals surface area contributed by atoms with Crippen LogP contribution in [0.15, 0.2) is 6.20 Å². The first-order chi connectivity index (χ1) is 10.2. The number of aliphatic hydroxyl groups is 2. The van der Waals surface area contributed by atoms with Crippen LogP contribution >= 0.6 is 0 Å². The maximum absolute atomic E-state index is 9.85. The lowest BCUT2D eigenvalue weighted by molar-refractivity contribution is -0.0470. The molecule has 0 aliphatic carbocycles. The van der Waals surface area contributed by atoms with Crippen LogP contribution in [0.1, 0.15) is 12.6 Å². The molecule has 21 heavy (non-hydrogen) atoms. The van der Waals surface area contributed by atoms with E-state index in [1.807, 2.05) is 0 Å². The summed E-state index contributed by atoms with van der Waals surface area (Å²) < 4.78 is 7.23. The van der Waals surface area contributed by atoms with Gasteiger partial charge in [0, 0.05) is 20.5 Å². The number of nitrogens with zero attached hydrogens (tertiary/aromatic N) is 4. The first kappa shape index (κ1) is 14.0. The van der Waals surface area contributed by atoms with Crippen molar-refractivity contribution in [1.82, 2.24) is 19.7 Å². The van der Waals surface area contributed by atoms with Crippen LogP contribution in [0.4, 0.5) is 11.8 Å². The number of anilines is 2. The number of nitrogens with one attached hydrogen (secondary N) is 2. The van der Waals surface area contributed by atoms with Gasteiger partial charge >= 0.3 is 0 Å². The second-order valence-electron chi connectivity index (χ2n) is 4.84. The topological polar surface area (TPSA) is 117 Å². The molecule has 2 aromatic rings. The fourth-order valence-corrected chi connectivity index (χ4v) is 2.47. The van der Waals surface area contributed by atoms with Gasteiger partial charge in [0.05, 0.1) is 24.3 Å². The van der Waals surface area contributed by atoms with Gasteiger partial charge in [-0.1, -0.05) is 0 Å². The fraction of sp³-hybridized carbons (Fsp3) is 0.583. The summed E-state index contributed by atoms with van der Waals surface area (Å²) >= 11 is 0. The Morgan fingerprint density at radius 3 is 2.81 bits per heavy atom. The van der Waals surface area contributed by atoms with Gasteiger partial charge in [-0.2, -0.15) is 15.1 Å². The van der Waals surface area contributed by atoms with Gasteiger partial charge in [-0.25, -0.2) is 4.68 Å². The average Bonchev–Trinajstić information content (AvgIpc) is 3.08. The summed E-state index contributed by atoms with van der Waals surface area (Å²) in [5.41, 5.74) is 0.606. The monoisotopic (exact) mass is 294 g/mol. The summed E-state index contributed by atoms with van der Waals surface area (Å²) in [6.07, 6.45) is 0.245. The summed E-state index contributed by atoms with van der Waals surface area (Å²) in [5.74, 6) is 1.12. The van der Waals surface area contributed by atoms with Gasteiger partial charge in [0.2, 0.25) is 5.95 Å². The minimum absolute atomic E-state index is 0.227. The Bertz CT molecular complexity index is 645. The van der Waals surface area contributed by atoms with Crippen LogP contribution in [-0.2, 0) is 4.74 Å². The molecule has 1 fully saturated rings. The molecule has 1 aliphatic heterocycles. The van der Waals surface area contributed by atoms with Crippen molar-refractivity contribution in [1.29, 1.82) is 0 Å². The number of rotatable bonds is 4. The zero-order chi connectivity index (χ0) is 15.0. The highest BCUT2D eigenvalue weighted by Crippen LogP contribution is 2.31. The van der Waals surface area contributed by atoms with Gasteiger partial charge in [-0.15, -0.1) is 0 Å². The predicted octanol–water partition coefficient (Wildman–Crippen LogP) is -0.450. The standard InChI is InChI=1S/C12H18N6O3/c1-13-10-6-4-15-18(11(6)17-12(14-2)16-10)9-3-7(20)8(5-19)21-9/h4,7-9,19-20H,3,5H2,1-2H3,(H2,13,14,16,17)/t7-,8-,9-/m1/s1. The predicted molar refractivity (Wildman–Crippen MR) is 76.0 cm³/mol. The first-order valence-corrected chi connectivity index (χ1v) is 6.73. The van der Waals surface area contributed by atoms with Crippen molar-refractivity contribution in [3.63, 3.8) is 0 Å². The fourth-order valence-electron chi connectivity index (χ4n) is 2.47.